The largest absolute Gasteiger partial charge is 0.469 e. The molecule has 78 valence electrons. The van der Waals surface area contributed by atoms with Crippen molar-refractivity contribution in [3.8, 4) is 6.07 Å². The lowest BCUT2D eigenvalue weighted by atomic mass is 10.0. The van der Waals surface area contributed by atoms with Crippen LogP contribution in [0.1, 0.15) is 16.7 Å². The third kappa shape index (κ3) is 2.47. The van der Waals surface area contributed by atoms with Gasteiger partial charge in [0.1, 0.15) is 6.07 Å². The van der Waals surface area contributed by atoms with E-state index >= 15 is 0 Å². The van der Waals surface area contributed by atoms with Gasteiger partial charge in [-0.25, -0.2) is 0 Å². The number of nitriles is 1. The van der Waals surface area contributed by atoms with Crippen molar-refractivity contribution < 1.29 is 9.53 Å². The van der Waals surface area contributed by atoms with Crippen molar-refractivity contribution in [3.63, 3.8) is 0 Å². The topological polar surface area (TPSA) is 76.1 Å². The van der Waals surface area contributed by atoms with Crippen molar-refractivity contribution in [3.05, 3.63) is 28.8 Å². The number of ether oxygens (including phenoxy) is 1. The van der Waals surface area contributed by atoms with Gasteiger partial charge in [-0.1, -0.05) is 0 Å². The number of hydrogen-bond donors (Lipinski definition) is 1. The maximum atomic E-state index is 11.1. The van der Waals surface area contributed by atoms with Gasteiger partial charge in [-0.15, -0.1) is 0 Å². The van der Waals surface area contributed by atoms with E-state index in [9.17, 15) is 4.79 Å². The number of aryl methyl sites for hydroxylation is 1. The Morgan fingerprint density at radius 3 is 2.80 bits per heavy atom. The van der Waals surface area contributed by atoms with Gasteiger partial charge in [-0.2, -0.15) is 5.26 Å². The molecule has 0 heterocycles. The molecular weight excluding hydrogens is 192 g/mol. The number of esters is 1. The summed E-state index contributed by atoms with van der Waals surface area (Å²) in [5.74, 6) is -0.327. The average Bonchev–Trinajstić information content (AvgIpc) is 2.21. The molecule has 1 aromatic carbocycles. The van der Waals surface area contributed by atoms with Crippen LogP contribution >= 0.6 is 0 Å². The molecule has 15 heavy (non-hydrogen) atoms. The highest BCUT2D eigenvalue weighted by molar-refractivity contribution is 5.74. The molecule has 4 heteroatoms. The first kappa shape index (κ1) is 11.1. The van der Waals surface area contributed by atoms with Gasteiger partial charge < -0.3 is 10.5 Å². The second-order valence-corrected chi connectivity index (χ2v) is 3.23. The van der Waals surface area contributed by atoms with Crippen LogP contribution in [0.5, 0.6) is 0 Å². The number of nitrogen functional groups attached to an aromatic ring is 1. The summed E-state index contributed by atoms with van der Waals surface area (Å²) in [5, 5.41) is 8.78. The van der Waals surface area contributed by atoms with Crippen LogP contribution < -0.4 is 5.73 Å². The monoisotopic (exact) mass is 204 g/mol. The quantitative estimate of drug-likeness (QED) is 0.579. The van der Waals surface area contributed by atoms with Crippen LogP contribution in [0.25, 0.3) is 0 Å². The minimum atomic E-state index is -0.327. The van der Waals surface area contributed by atoms with Gasteiger partial charge >= 0.3 is 5.97 Å². The Morgan fingerprint density at radius 2 is 2.27 bits per heavy atom. The van der Waals surface area contributed by atoms with Crippen molar-refractivity contribution in [2.24, 2.45) is 0 Å². The minimum absolute atomic E-state index is 0.164. The minimum Gasteiger partial charge on any atom is -0.469 e. The standard InChI is InChI=1S/C11H12N2O2/c1-7-3-10(13)9(6-12)4-8(7)5-11(14)15-2/h3-4H,5,13H2,1-2H3. The van der Waals surface area contributed by atoms with Gasteiger partial charge in [0.25, 0.3) is 0 Å². The molecular formula is C11H12N2O2. The highest BCUT2D eigenvalue weighted by Gasteiger charge is 2.09. The van der Waals surface area contributed by atoms with Crippen molar-refractivity contribution >= 4 is 11.7 Å². The number of anilines is 1. The fourth-order valence-corrected chi connectivity index (χ4v) is 1.29. The van der Waals surface area contributed by atoms with Crippen molar-refractivity contribution in [2.75, 3.05) is 12.8 Å². The predicted octanol–water partition coefficient (Wildman–Crippen LogP) is 1.16. The molecule has 0 fully saturated rings. The average molecular weight is 204 g/mol. The van der Waals surface area contributed by atoms with Gasteiger partial charge in [0, 0.05) is 5.69 Å². The van der Waals surface area contributed by atoms with Crippen LogP contribution in [0.15, 0.2) is 12.1 Å². The fraction of sp³-hybridized carbons (Fsp3) is 0.273. The molecule has 0 aliphatic rings. The SMILES string of the molecule is COC(=O)Cc1cc(C#N)c(N)cc1C. The van der Waals surface area contributed by atoms with Gasteiger partial charge in [0.05, 0.1) is 19.1 Å². The smallest absolute Gasteiger partial charge is 0.309 e. The Bertz CT molecular complexity index is 433. The molecule has 2 N–H and O–H groups in total. The van der Waals surface area contributed by atoms with E-state index in [0.29, 0.717) is 11.3 Å². The third-order valence-corrected chi connectivity index (χ3v) is 2.19. The number of methoxy groups -OCH3 is 1. The number of carbonyl (C=O) groups is 1. The van der Waals surface area contributed by atoms with E-state index in [4.69, 9.17) is 11.0 Å². The summed E-state index contributed by atoms with van der Waals surface area (Å²) in [5.41, 5.74) is 8.10. The van der Waals surface area contributed by atoms with E-state index in [2.05, 4.69) is 4.74 Å². The molecule has 0 radical (unpaired) electrons. The van der Waals surface area contributed by atoms with Crippen LogP contribution in [0, 0.1) is 18.3 Å². The van der Waals surface area contributed by atoms with Gasteiger partial charge in [-0.3, -0.25) is 4.79 Å². The van der Waals surface area contributed by atoms with Gasteiger partial charge in [0.2, 0.25) is 0 Å². The van der Waals surface area contributed by atoms with Gasteiger partial charge in [-0.05, 0) is 30.2 Å². The molecule has 0 bridgehead atoms. The summed E-state index contributed by atoms with van der Waals surface area (Å²) in [6, 6.07) is 5.29. The Hall–Kier alpha value is -2.02. The molecule has 0 amide bonds. The zero-order chi connectivity index (χ0) is 11.4. The van der Waals surface area contributed by atoms with E-state index < -0.39 is 0 Å². The zero-order valence-corrected chi connectivity index (χ0v) is 8.70. The molecule has 0 spiro atoms. The maximum absolute atomic E-state index is 11.1. The van der Waals surface area contributed by atoms with Crippen LogP contribution in [0.4, 0.5) is 5.69 Å². The number of nitrogens with zero attached hydrogens (tertiary/aromatic N) is 1. The fourth-order valence-electron chi connectivity index (χ4n) is 1.29. The molecule has 0 aromatic heterocycles. The van der Waals surface area contributed by atoms with E-state index in [-0.39, 0.29) is 12.4 Å². The second-order valence-electron chi connectivity index (χ2n) is 3.23. The van der Waals surface area contributed by atoms with E-state index in [0.717, 1.165) is 11.1 Å². The van der Waals surface area contributed by atoms with E-state index in [1.807, 2.05) is 13.0 Å². The first-order valence-electron chi connectivity index (χ1n) is 4.44. The number of nitrogens with two attached hydrogens (primary N) is 1. The number of benzene rings is 1. The number of rotatable bonds is 2. The summed E-state index contributed by atoms with van der Waals surface area (Å²) < 4.78 is 4.56. The third-order valence-electron chi connectivity index (χ3n) is 2.19. The Morgan fingerprint density at radius 1 is 1.60 bits per heavy atom. The molecule has 1 rings (SSSR count). The highest BCUT2D eigenvalue weighted by atomic mass is 16.5. The van der Waals surface area contributed by atoms with Crippen molar-refractivity contribution in [2.45, 2.75) is 13.3 Å². The molecule has 0 unspecified atom stereocenters. The lowest BCUT2D eigenvalue weighted by molar-refractivity contribution is -0.139. The summed E-state index contributed by atoms with van der Waals surface area (Å²) in [6.07, 6.45) is 0.164. The Balaban J connectivity index is 3.09. The first-order valence-corrected chi connectivity index (χ1v) is 4.44. The predicted molar refractivity (Wildman–Crippen MR) is 56.0 cm³/mol. The van der Waals surface area contributed by atoms with Crippen LogP contribution in [-0.2, 0) is 16.0 Å². The summed E-state index contributed by atoms with van der Waals surface area (Å²) in [7, 11) is 1.33. The Kier molecular flexibility index (Phi) is 3.29. The maximum Gasteiger partial charge on any atom is 0.309 e. The summed E-state index contributed by atoms with van der Waals surface area (Å²) >= 11 is 0. The molecule has 1 aromatic rings. The van der Waals surface area contributed by atoms with Crippen molar-refractivity contribution in [1.29, 1.82) is 5.26 Å². The summed E-state index contributed by atoms with van der Waals surface area (Å²) in [4.78, 5) is 11.1. The molecule has 0 saturated heterocycles. The first-order chi connectivity index (χ1) is 7.08. The van der Waals surface area contributed by atoms with Gasteiger partial charge in [0.15, 0.2) is 0 Å². The number of carbonyl (C=O) groups excluding carboxylic acids is 1. The van der Waals surface area contributed by atoms with E-state index in [1.54, 1.807) is 12.1 Å². The molecule has 0 aliphatic carbocycles. The van der Waals surface area contributed by atoms with Crippen LogP contribution in [0.2, 0.25) is 0 Å². The molecule has 0 saturated carbocycles. The highest BCUT2D eigenvalue weighted by Crippen LogP contribution is 2.18. The lowest BCUT2D eigenvalue weighted by Gasteiger charge is -2.07. The molecule has 0 aliphatic heterocycles. The van der Waals surface area contributed by atoms with Crippen LogP contribution in [0.3, 0.4) is 0 Å². The molecule has 4 nitrogen and oxygen atoms in total. The summed E-state index contributed by atoms with van der Waals surface area (Å²) in [6.45, 7) is 1.84. The van der Waals surface area contributed by atoms with Crippen molar-refractivity contribution in [1.82, 2.24) is 0 Å². The van der Waals surface area contributed by atoms with E-state index in [1.165, 1.54) is 7.11 Å². The molecule has 0 atom stereocenters. The normalized spacial score (nSPS) is 9.40. The Labute approximate surface area is 88.3 Å². The lowest BCUT2D eigenvalue weighted by Crippen LogP contribution is -2.07. The van der Waals surface area contributed by atoms with Crippen LogP contribution in [-0.4, -0.2) is 13.1 Å². The zero-order valence-electron chi connectivity index (χ0n) is 8.70. The second kappa shape index (κ2) is 4.47. The number of hydrogen-bond acceptors (Lipinski definition) is 4.